The van der Waals surface area contributed by atoms with Crippen molar-refractivity contribution in [3.05, 3.63) is 0 Å². The van der Waals surface area contributed by atoms with Crippen molar-refractivity contribution in [3.63, 3.8) is 0 Å². The van der Waals surface area contributed by atoms with Crippen LogP contribution in [0.5, 0.6) is 0 Å². The Balaban J connectivity index is 2.01. The maximum atomic E-state index is 12.6. The van der Waals surface area contributed by atoms with Crippen LogP contribution in [0, 0.1) is 5.92 Å². The molecule has 0 bridgehead atoms. The Morgan fingerprint density at radius 3 is 2.33 bits per heavy atom. The van der Waals surface area contributed by atoms with E-state index in [2.05, 4.69) is 0 Å². The van der Waals surface area contributed by atoms with Gasteiger partial charge in [0.2, 0.25) is 5.91 Å². The Kier molecular flexibility index (Phi) is 5.01. The number of amides is 1. The zero-order chi connectivity index (χ0) is 13.0. The number of nitrogens with two attached hydrogens (primary N) is 1. The molecule has 0 aliphatic heterocycles. The topological polar surface area (TPSA) is 66.6 Å². The van der Waals surface area contributed by atoms with Crippen molar-refractivity contribution in [2.24, 2.45) is 11.7 Å². The summed E-state index contributed by atoms with van der Waals surface area (Å²) in [5.41, 5.74) is 6.10. The second-order valence-electron chi connectivity index (χ2n) is 5.75. The number of aliphatic hydroxyl groups excluding tert-OH is 1. The molecule has 2 rings (SSSR count). The Morgan fingerprint density at radius 2 is 1.72 bits per heavy atom. The maximum Gasteiger partial charge on any atom is 0.227 e. The van der Waals surface area contributed by atoms with Crippen LogP contribution >= 0.6 is 0 Å². The lowest BCUT2D eigenvalue weighted by Crippen LogP contribution is -2.49. The third-order valence-corrected chi connectivity index (χ3v) is 4.53. The summed E-state index contributed by atoms with van der Waals surface area (Å²) in [4.78, 5) is 14.5. The van der Waals surface area contributed by atoms with Gasteiger partial charge in [0.1, 0.15) is 0 Å². The first-order valence-corrected chi connectivity index (χ1v) is 7.41. The van der Waals surface area contributed by atoms with E-state index in [9.17, 15) is 9.90 Å². The molecule has 2 aliphatic rings. The summed E-state index contributed by atoms with van der Waals surface area (Å²) in [5.74, 6) is 0.189. The molecule has 0 saturated heterocycles. The summed E-state index contributed by atoms with van der Waals surface area (Å²) in [5, 5.41) is 9.19. The normalized spacial score (nSPS) is 29.4. The Labute approximate surface area is 110 Å². The van der Waals surface area contributed by atoms with Gasteiger partial charge in [0.05, 0.1) is 12.5 Å². The molecule has 0 aromatic carbocycles. The fraction of sp³-hybridized carbons (Fsp3) is 0.929. The third-order valence-electron chi connectivity index (χ3n) is 4.53. The third kappa shape index (κ3) is 3.04. The van der Waals surface area contributed by atoms with E-state index in [-0.39, 0.29) is 24.5 Å². The molecule has 0 aromatic heterocycles. The molecular formula is C14H26N2O2. The number of carbonyl (C=O) groups excluding carboxylic acids is 1. The molecule has 2 aliphatic carbocycles. The van der Waals surface area contributed by atoms with Gasteiger partial charge in [-0.15, -0.1) is 0 Å². The van der Waals surface area contributed by atoms with Crippen molar-refractivity contribution < 1.29 is 9.90 Å². The average molecular weight is 254 g/mol. The standard InChI is InChI=1S/C14H26N2O2/c15-13-8-4-3-7-12(13)14(18)16(9-10-17)11-5-1-2-6-11/h11-13,17H,1-10,15H2. The molecule has 1 amide bonds. The number of hydrogen-bond acceptors (Lipinski definition) is 3. The highest BCUT2D eigenvalue weighted by atomic mass is 16.3. The van der Waals surface area contributed by atoms with Crippen molar-refractivity contribution in [2.75, 3.05) is 13.2 Å². The van der Waals surface area contributed by atoms with Crippen LogP contribution in [0.3, 0.4) is 0 Å². The minimum absolute atomic E-state index is 0.00843. The summed E-state index contributed by atoms with van der Waals surface area (Å²) >= 11 is 0. The molecule has 3 N–H and O–H groups in total. The lowest BCUT2D eigenvalue weighted by Gasteiger charge is -2.35. The molecule has 2 atom stereocenters. The lowest BCUT2D eigenvalue weighted by molar-refractivity contribution is -0.140. The molecule has 0 spiro atoms. The van der Waals surface area contributed by atoms with E-state index in [1.165, 1.54) is 12.8 Å². The van der Waals surface area contributed by atoms with Crippen molar-refractivity contribution in [1.82, 2.24) is 4.90 Å². The van der Waals surface area contributed by atoms with Crippen LogP contribution < -0.4 is 5.73 Å². The Bertz CT molecular complexity index is 277. The van der Waals surface area contributed by atoms with Gasteiger partial charge in [-0.3, -0.25) is 4.79 Å². The molecule has 104 valence electrons. The predicted octanol–water partition coefficient (Wildman–Crippen LogP) is 1.27. The minimum atomic E-state index is -0.00843. The highest BCUT2D eigenvalue weighted by Crippen LogP contribution is 2.29. The average Bonchev–Trinajstić information content (AvgIpc) is 2.89. The SMILES string of the molecule is NC1CCCCC1C(=O)N(CCO)C1CCCC1. The fourth-order valence-corrected chi connectivity index (χ4v) is 3.48. The van der Waals surface area contributed by atoms with Crippen LogP contribution in [-0.2, 0) is 4.79 Å². The zero-order valence-electron chi connectivity index (χ0n) is 11.2. The van der Waals surface area contributed by atoms with Gasteiger partial charge < -0.3 is 15.7 Å². The first-order chi connectivity index (χ1) is 8.74. The summed E-state index contributed by atoms with van der Waals surface area (Å²) in [6.07, 6.45) is 8.74. The zero-order valence-corrected chi connectivity index (χ0v) is 11.2. The number of nitrogens with zero attached hydrogens (tertiary/aromatic N) is 1. The van der Waals surface area contributed by atoms with Crippen molar-refractivity contribution in [3.8, 4) is 0 Å². The largest absolute Gasteiger partial charge is 0.395 e. The summed E-state index contributed by atoms with van der Waals surface area (Å²) in [6.45, 7) is 0.539. The highest BCUT2D eigenvalue weighted by Gasteiger charge is 2.35. The van der Waals surface area contributed by atoms with E-state index >= 15 is 0 Å². The summed E-state index contributed by atoms with van der Waals surface area (Å²) in [7, 11) is 0. The molecule has 4 heteroatoms. The second-order valence-corrected chi connectivity index (χ2v) is 5.75. The number of carbonyl (C=O) groups is 1. The van der Waals surface area contributed by atoms with Crippen LogP contribution in [0.15, 0.2) is 0 Å². The van der Waals surface area contributed by atoms with E-state index in [4.69, 9.17) is 5.73 Å². The molecule has 0 aromatic rings. The van der Waals surface area contributed by atoms with Gasteiger partial charge >= 0.3 is 0 Å². The van der Waals surface area contributed by atoms with Crippen LogP contribution in [0.25, 0.3) is 0 Å². The van der Waals surface area contributed by atoms with Gasteiger partial charge in [-0.1, -0.05) is 25.7 Å². The number of rotatable bonds is 4. The molecule has 2 fully saturated rings. The second kappa shape index (κ2) is 6.53. The van der Waals surface area contributed by atoms with E-state index in [0.717, 1.165) is 38.5 Å². The molecule has 2 unspecified atom stereocenters. The van der Waals surface area contributed by atoms with Gasteiger partial charge in [0, 0.05) is 18.6 Å². The quantitative estimate of drug-likeness (QED) is 0.794. The van der Waals surface area contributed by atoms with Crippen molar-refractivity contribution in [2.45, 2.75) is 63.5 Å². The van der Waals surface area contributed by atoms with E-state index < -0.39 is 0 Å². The lowest BCUT2D eigenvalue weighted by atomic mass is 9.84. The molecule has 0 heterocycles. The van der Waals surface area contributed by atoms with Crippen LogP contribution in [0.1, 0.15) is 51.4 Å². The van der Waals surface area contributed by atoms with Gasteiger partial charge in [0.15, 0.2) is 0 Å². The predicted molar refractivity (Wildman–Crippen MR) is 71.0 cm³/mol. The van der Waals surface area contributed by atoms with Crippen molar-refractivity contribution in [1.29, 1.82) is 0 Å². The van der Waals surface area contributed by atoms with Crippen LogP contribution in [-0.4, -0.2) is 41.1 Å². The summed E-state index contributed by atoms with van der Waals surface area (Å²) < 4.78 is 0. The van der Waals surface area contributed by atoms with E-state index in [1.807, 2.05) is 4.90 Å². The smallest absolute Gasteiger partial charge is 0.227 e. The monoisotopic (exact) mass is 254 g/mol. The molecule has 4 nitrogen and oxygen atoms in total. The van der Waals surface area contributed by atoms with Crippen LogP contribution in [0.2, 0.25) is 0 Å². The minimum Gasteiger partial charge on any atom is -0.395 e. The maximum absolute atomic E-state index is 12.6. The van der Waals surface area contributed by atoms with E-state index in [0.29, 0.717) is 12.6 Å². The van der Waals surface area contributed by atoms with Gasteiger partial charge in [-0.2, -0.15) is 0 Å². The van der Waals surface area contributed by atoms with Gasteiger partial charge in [-0.05, 0) is 25.7 Å². The van der Waals surface area contributed by atoms with Gasteiger partial charge in [-0.25, -0.2) is 0 Å². The number of aliphatic hydroxyl groups is 1. The summed E-state index contributed by atoms with van der Waals surface area (Å²) in [6, 6.07) is 0.368. The Morgan fingerprint density at radius 1 is 1.11 bits per heavy atom. The first kappa shape index (κ1) is 13.8. The fourth-order valence-electron chi connectivity index (χ4n) is 3.48. The molecular weight excluding hydrogens is 228 g/mol. The highest BCUT2D eigenvalue weighted by molar-refractivity contribution is 5.80. The number of hydrogen-bond donors (Lipinski definition) is 2. The van der Waals surface area contributed by atoms with Crippen molar-refractivity contribution >= 4 is 5.91 Å². The first-order valence-electron chi connectivity index (χ1n) is 7.41. The molecule has 2 saturated carbocycles. The molecule has 0 radical (unpaired) electrons. The Hall–Kier alpha value is -0.610. The molecule has 18 heavy (non-hydrogen) atoms. The van der Waals surface area contributed by atoms with E-state index in [1.54, 1.807) is 0 Å². The van der Waals surface area contributed by atoms with Gasteiger partial charge in [0.25, 0.3) is 0 Å². The van der Waals surface area contributed by atoms with Crippen LogP contribution in [0.4, 0.5) is 0 Å².